The van der Waals surface area contributed by atoms with E-state index in [9.17, 15) is 4.79 Å². The lowest BCUT2D eigenvalue weighted by molar-refractivity contribution is 0.0937. The molecule has 7 nitrogen and oxygen atoms in total. The second kappa shape index (κ2) is 12.0. The predicted molar refractivity (Wildman–Crippen MR) is 151 cm³/mol. The molecule has 3 aromatic carbocycles. The maximum absolute atomic E-state index is 13.1. The van der Waals surface area contributed by atoms with Crippen LogP contribution in [0.1, 0.15) is 66.5 Å². The Morgan fingerprint density at radius 3 is 2.45 bits per heavy atom. The summed E-state index contributed by atoms with van der Waals surface area (Å²) in [5, 5.41) is 3.10. The molecular weight excluding hydrogens is 478 g/mol. The zero-order valence-electron chi connectivity index (χ0n) is 23.1. The van der Waals surface area contributed by atoms with E-state index in [0.717, 1.165) is 35.6 Å². The first-order valence-corrected chi connectivity index (χ1v) is 13.0. The van der Waals surface area contributed by atoms with E-state index in [1.54, 1.807) is 32.4 Å². The van der Waals surface area contributed by atoms with Gasteiger partial charge in [0.1, 0.15) is 11.6 Å². The number of carbonyl (C=O) groups excluding carboxylic acids is 1. The SMILES string of the molecule is COc1ccc(C(=O)NC(C)c2nc3ccccc3n2CCCOc2cc(C)ccc2C(C)C)cc1OC. The maximum Gasteiger partial charge on any atom is 0.251 e. The fraction of sp³-hybridized carbons (Fsp3) is 0.355. The normalized spacial score (nSPS) is 12.0. The number of amides is 1. The summed E-state index contributed by atoms with van der Waals surface area (Å²) >= 11 is 0. The van der Waals surface area contributed by atoms with E-state index >= 15 is 0 Å². The van der Waals surface area contributed by atoms with E-state index in [-0.39, 0.29) is 11.9 Å². The van der Waals surface area contributed by atoms with Crippen molar-refractivity contribution < 1.29 is 19.0 Å². The molecule has 0 fully saturated rings. The number of carbonyl (C=O) groups is 1. The van der Waals surface area contributed by atoms with Gasteiger partial charge in [-0.15, -0.1) is 0 Å². The van der Waals surface area contributed by atoms with E-state index in [4.69, 9.17) is 19.2 Å². The second-order valence-electron chi connectivity index (χ2n) is 9.77. The number of para-hydroxylation sites is 2. The number of hydrogen-bond acceptors (Lipinski definition) is 5. The molecule has 0 radical (unpaired) electrons. The van der Waals surface area contributed by atoms with Gasteiger partial charge in [0.05, 0.1) is 37.9 Å². The van der Waals surface area contributed by atoms with Crippen molar-refractivity contribution in [2.45, 2.75) is 52.6 Å². The molecule has 4 aromatic rings. The van der Waals surface area contributed by atoms with Crippen LogP contribution < -0.4 is 19.5 Å². The number of fused-ring (bicyclic) bond motifs is 1. The van der Waals surface area contributed by atoms with Crippen molar-refractivity contribution in [2.75, 3.05) is 20.8 Å². The van der Waals surface area contributed by atoms with E-state index in [1.165, 1.54) is 11.1 Å². The molecule has 0 bridgehead atoms. The third kappa shape index (κ3) is 5.93. The number of imidazole rings is 1. The molecule has 1 N–H and O–H groups in total. The van der Waals surface area contributed by atoms with Crippen LogP contribution in [0.15, 0.2) is 60.7 Å². The molecule has 1 amide bonds. The Labute approximate surface area is 224 Å². The first-order valence-electron chi connectivity index (χ1n) is 13.0. The number of rotatable bonds is 11. The predicted octanol–water partition coefficient (Wildman–Crippen LogP) is 6.45. The van der Waals surface area contributed by atoms with Gasteiger partial charge in [-0.25, -0.2) is 4.98 Å². The molecule has 0 saturated heterocycles. The summed E-state index contributed by atoms with van der Waals surface area (Å²) in [5.74, 6) is 3.03. The molecule has 0 aliphatic carbocycles. The van der Waals surface area contributed by atoms with Gasteiger partial charge >= 0.3 is 0 Å². The number of aromatic nitrogens is 2. The summed E-state index contributed by atoms with van der Waals surface area (Å²) in [6, 6.07) is 19.3. The number of ether oxygens (including phenoxy) is 3. The maximum atomic E-state index is 13.1. The summed E-state index contributed by atoms with van der Waals surface area (Å²) in [6.45, 7) is 9.70. The Morgan fingerprint density at radius 1 is 0.947 bits per heavy atom. The number of methoxy groups -OCH3 is 2. The third-order valence-corrected chi connectivity index (χ3v) is 6.64. The summed E-state index contributed by atoms with van der Waals surface area (Å²) in [5.41, 5.74) is 4.83. The summed E-state index contributed by atoms with van der Waals surface area (Å²) in [7, 11) is 3.12. The van der Waals surface area contributed by atoms with Crippen molar-refractivity contribution >= 4 is 16.9 Å². The highest BCUT2D eigenvalue weighted by Crippen LogP contribution is 2.29. The standard InChI is InChI=1S/C31H37N3O4/c1-20(2)24-14-12-21(3)18-28(24)38-17-9-16-34-26-11-8-7-10-25(26)33-30(34)22(4)32-31(35)23-13-15-27(36-5)29(19-23)37-6/h7-8,10-15,18-20,22H,9,16-17H2,1-6H3,(H,32,35). The second-order valence-corrected chi connectivity index (χ2v) is 9.77. The van der Waals surface area contributed by atoms with Crippen LogP contribution in [0, 0.1) is 6.92 Å². The Morgan fingerprint density at radius 2 is 1.71 bits per heavy atom. The van der Waals surface area contributed by atoms with Gasteiger partial charge in [-0.05, 0) is 73.7 Å². The Balaban J connectivity index is 1.49. The molecule has 7 heteroatoms. The van der Waals surface area contributed by atoms with Crippen LogP contribution in [0.3, 0.4) is 0 Å². The van der Waals surface area contributed by atoms with Crippen molar-refractivity contribution in [2.24, 2.45) is 0 Å². The zero-order chi connectivity index (χ0) is 27.2. The average molecular weight is 516 g/mol. The fourth-order valence-electron chi connectivity index (χ4n) is 4.63. The number of nitrogens with one attached hydrogen (secondary N) is 1. The van der Waals surface area contributed by atoms with Crippen LogP contribution in [0.2, 0.25) is 0 Å². The topological polar surface area (TPSA) is 74.6 Å². The van der Waals surface area contributed by atoms with E-state index in [2.05, 4.69) is 54.9 Å². The lowest BCUT2D eigenvalue weighted by atomic mass is 10.0. The van der Waals surface area contributed by atoms with E-state index in [1.807, 2.05) is 25.1 Å². The minimum atomic E-state index is -0.312. The largest absolute Gasteiger partial charge is 0.493 e. The number of benzene rings is 3. The van der Waals surface area contributed by atoms with Gasteiger partial charge in [-0.1, -0.05) is 38.1 Å². The lowest BCUT2D eigenvalue weighted by Gasteiger charge is -2.18. The summed E-state index contributed by atoms with van der Waals surface area (Å²) in [6.07, 6.45) is 0.801. The van der Waals surface area contributed by atoms with Crippen molar-refractivity contribution in [1.82, 2.24) is 14.9 Å². The molecule has 1 atom stereocenters. The van der Waals surface area contributed by atoms with Gasteiger partial charge < -0.3 is 24.1 Å². The smallest absolute Gasteiger partial charge is 0.251 e. The first-order chi connectivity index (χ1) is 18.3. The molecule has 0 saturated carbocycles. The Kier molecular flexibility index (Phi) is 8.56. The van der Waals surface area contributed by atoms with Crippen molar-refractivity contribution in [3.8, 4) is 17.2 Å². The van der Waals surface area contributed by atoms with Crippen molar-refractivity contribution in [1.29, 1.82) is 0 Å². The van der Waals surface area contributed by atoms with Crippen LogP contribution in [0.4, 0.5) is 0 Å². The molecular formula is C31H37N3O4. The van der Waals surface area contributed by atoms with Crippen LogP contribution >= 0.6 is 0 Å². The van der Waals surface area contributed by atoms with Crippen molar-refractivity contribution in [3.63, 3.8) is 0 Å². The van der Waals surface area contributed by atoms with Crippen LogP contribution in [0.25, 0.3) is 11.0 Å². The molecule has 1 unspecified atom stereocenters. The summed E-state index contributed by atoms with van der Waals surface area (Å²) < 4.78 is 19.1. The molecule has 1 heterocycles. The van der Waals surface area contributed by atoms with Gasteiger partial charge in [0.25, 0.3) is 5.91 Å². The molecule has 4 rings (SSSR count). The average Bonchev–Trinajstić information content (AvgIpc) is 3.29. The van der Waals surface area contributed by atoms with Gasteiger partial charge in [-0.2, -0.15) is 0 Å². The van der Waals surface area contributed by atoms with Crippen LogP contribution in [-0.2, 0) is 6.54 Å². The third-order valence-electron chi connectivity index (χ3n) is 6.64. The van der Waals surface area contributed by atoms with Gasteiger partial charge in [0, 0.05) is 12.1 Å². The highest BCUT2D eigenvalue weighted by Gasteiger charge is 2.20. The molecule has 0 aliphatic heterocycles. The molecule has 1 aromatic heterocycles. The number of hydrogen-bond donors (Lipinski definition) is 1. The molecule has 38 heavy (non-hydrogen) atoms. The van der Waals surface area contributed by atoms with Crippen molar-refractivity contribution in [3.05, 3.63) is 83.2 Å². The molecule has 0 aliphatic rings. The minimum Gasteiger partial charge on any atom is -0.493 e. The monoisotopic (exact) mass is 515 g/mol. The Bertz CT molecular complexity index is 1410. The highest BCUT2D eigenvalue weighted by atomic mass is 16.5. The highest BCUT2D eigenvalue weighted by molar-refractivity contribution is 5.95. The van der Waals surface area contributed by atoms with E-state index < -0.39 is 0 Å². The first kappa shape index (κ1) is 27.0. The number of nitrogens with zero attached hydrogens (tertiary/aromatic N) is 2. The lowest BCUT2D eigenvalue weighted by Crippen LogP contribution is -2.29. The number of aryl methyl sites for hydroxylation is 2. The molecule has 200 valence electrons. The van der Waals surface area contributed by atoms with E-state index in [0.29, 0.717) is 29.6 Å². The molecule has 0 spiro atoms. The minimum absolute atomic E-state index is 0.207. The Hall–Kier alpha value is -4.00. The van der Waals surface area contributed by atoms with Gasteiger partial charge in [0.15, 0.2) is 11.5 Å². The van der Waals surface area contributed by atoms with Crippen LogP contribution in [0.5, 0.6) is 17.2 Å². The van der Waals surface area contributed by atoms with Gasteiger partial charge in [0.2, 0.25) is 0 Å². The zero-order valence-corrected chi connectivity index (χ0v) is 23.1. The van der Waals surface area contributed by atoms with Crippen LogP contribution in [-0.4, -0.2) is 36.3 Å². The summed E-state index contributed by atoms with van der Waals surface area (Å²) in [4.78, 5) is 18.0. The fourth-order valence-corrected chi connectivity index (χ4v) is 4.63. The van der Waals surface area contributed by atoms with Gasteiger partial charge in [-0.3, -0.25) is 4.79 Å². The quantitative estimate of drug-likeness (QED) is 0.233.